The summed E-state index contributed by atoms with van der Waals surface area (Å²) in [7, 11) is 0. The molecule has 1 aliphatic rings. The van der Waals surface area contributed by atoms with Crippen LogP contribution in [0.4, 0.5) is 0 Å². The summed E-state index contributed by atoms with van der Waals surface area (Å²) >= 11 is 0. The molecule has 0 aliphatic carbocycles. The number of carbonyl (C=O) groups excluding carboxylic acids is 1. The van der Waals surface area contributed by atoms with E-state index in [0.717, 1.165) is 5.56 Å². The van der Waals surface area contributed by atoms with Crippen LogP contribution in [0.15, 0.2) is 29.8 Å². The maximum atomic E-state index is 11.3. The van der Waals surface area contributed by atoms with Crippen molar-refractivity contribution in [1.29, 1.82) is 0 Å². The van der Waals surface area contributed by atoms with E-state index >= 15 is 0 Å². The second-order valence-corrected chi connectivity index (χ2v) is 3.29. The first kappa shape index (κ1) is 9.73. The molecule has 15 heavy (non-hydrogen) atoms. The highest BCUT2D eigenvalue weighted by molar-refractivity contribution is 5.97. The summed E-state index contributed by atoms with van der Waals surface area (Å²) in [4.78, 5) is 16.1. The van der Waals surface area contributed by atoms with Crippen molar-refractivity contribution in [3.8, 4) is 5.75 Å². The number of amides is 1. The van der Waals surface area contributed by atoms with E-state index in [9.17, 15) is 4.79 Å². The second-order valence-electron chi connectivity index (χ2n) is 3.29. The molecule has 0 spiro atoms. The van der Waals surface area contributed by atoms with Crippen molar-refractivity contribution in [3.05, 3.63) is 35.4 Å². The Balaban J connectivity index is 2.21. The highest BCUT2D eigenvalue weighted by Crippen LogP contribution is 2.15. The molecule has 1 amide bonds. The Morgan fingerprint density at radius 1 is 1.33 bits per heavy atom. The molecule has 0 bridgehead atoms. The van der Waals surface area contributed by atoms with Crippen LogP contribution in [0, 0.1) is 0 Å². The maximum absolute atomic E-state index is 11.3. The maximum Gasteiger partial charge on any atom is 0.270 e. The van der Waals surface area contributed by atoms with Crippen molar-refractivity contribution in [2.24, 2.45) is 0 Å². The largest absolute Gasteiger partial charge is 0.508 e. The molecule has 0 atom stereocenters. The summed E-state index contributed by atoms with van der Waals surface area (Å²) in [6.07, 6.45) is 2.39. The summed E-state index contributed by atoms with van der Waals surface area (Å²) in [6, 6.07) is 6.68. The molecule has 4 nitrogen and oxygen atoms in total. The standard InChI is InChI=1S/C11H11NO3/c13-10-3-1-8(2-4-10)7-9-5-6-15-12-11(9)14/h1-4,7,13H,5-6H2,(H,12,14). The van der Waals surface area contributed by atoms with Gasteiger partial charge in [0.2, 0.25) is 0 Å². The molecular weight excluding hydrogens is 194 g/mol. The molecule has 78 valence electrons. The lowest BCUT2D eigenvalue weighted by molar-refractivity contribution is -0.133. The van der Waals surface area contributed by atoms with Crippen LogP contribution >= 0.6 is 0 Å². The van der Waals surface area contributed by atoms with Gasteiger partial charge in [-0.15, -0.1) is 0 Å². The molecule has 1 fully saturated rings. The molecular formula is C11H11NO3. The lowest BCUT2D eigenvalue weighted by Crippen LogP contribution is -2.31. The third kappa shape index (κ3) is 2.35. The van der Waals surface area contributed by atoms with Crippen LogP contribution < -0.4 is 5.48 Å². The average Bonchev–Trinajstić information content (AvgIpc) is 2.25. The number of hydrogen-bond acceptors (Lipinski definition) is 3. The van der Waals surface area contributed by atoms with E-state index in [1.807, 2.05) is 0 Å². The predicted molar refractivity (Wildman–Crippen MR) is 54.8 cm³/mol. The van der Waals surface area contributed by atoms with Gasteiger partial charge >= 0.3 is 0 Å². The number of phenols is 1. The van der Waals surface area contributed by atoms with Crippen LogP contribution in [-0.4, -0.2) is 17.6 Å². The molecule has 1 aromatic carbocycles. The van der Waals surface area contributed by atoms with E-state index in [1.165, 1.54) is 0 Å². The van der Waals surface area contributed by atoms with Crippen molar-refractivity contribution in [1.82, 2.24) is 5.48 Å². The average molecular weight is 205 g/mol. The fraction of sp³-hybridized carbons (Fsp3) is 0.182. The fourth-order valence-corrected chi connectivity index (χ4v) is 1.37. The van der Waals surface area contributed by atoms with E-state index in [-0.39, 0.29) is 11.7 Å². The zero-order valence-corrected chi connectivity index (χ0v) is 8.06. The Kier molecular flexibility index (Phi) is 2.69. The van der Waals surface area contributed by atoms with Gasteiger partial charge in [0.05, 0.1) is 6.61 Å². The highest BCUT2D eigenvalue weighted by atomic mass is 16.7. The molecule has 1 aliphatic heterocycles. The molecule has 0 radical (unpaired) electrons. The molecule has 0 saturated carbocycles. The first-order valence-corrected chi connectivity index (χ1v) is 4.67. The molecule has 0 unspecified atom stereocenters. The zero-order valence-electron chi connectivity index (χ0n) is 8.06. The van der Waals surface area contributed by atoms with E-state index < -0.39 is 0 Å². The van der Waals surface area contributed by atoms with Crippen LogP contribution in [0.1, 0.15) is 12.0 Å². The Bertz CT molecular complexity index is 395. The lowest BCUT2D eigenvalue weighted by Gasteiger charge is -2.14. The molecule has 2 rings (SSSR count). The van der Waals surface area contributed by atoms with Gasteiger partial charge in [-0.1, -0.05) is 12.1 Å². The number of hydrogen-bond donors (Lipinski definition) is 2. The normalized spacial score (nSPS) is 18.9. The minimum absolute atomic E-state index is 0.200. The second kappa shape index (κ2) is 4.14. The van der Waals surface area contributed by atoms with Gasteiger partial charge in [0.15, 0.2) is 0 Å². The van der Waals surface area contributed by atoms with Crippen LogP contribution in [0.2, 0.25) is 0 Å². The monoisotopic (exact) mass is 205 g/mol. The number of hydroxylamine groups is 1. The molecule has 1 saturated heterocycles. The summed E-state index contributed by atoms with van der Waals surface area (Å²) in [5.74, 6) is 0.0166. The van der Waals surface area contributed by atoms with Crippen LogP contribution in [0.5, 0.6) is 5.75 Å². The van der Waals surface area contributed by atoms with Crippen molar-refractivity contribution < 1.29 is 14.7 Å². The number of phenolic OH excluding ortho intramolecular Hbond substituents is 1. The third-order valence-corrected chi connectivity index (χ3v) is 2.16. The van der Waals surface area contributed by atoms with Gasteiger partial charge in [0, 0.05) is 12.0 Å². The fourth-order valence-electron chi connectivity index (χ4n) is 1.37. The first-order chi connectivity index (χ1) is 7.25. The number of nitrogens with one attached hydrogen (secondary N) is 1. The minimum Gasteiger partial charge on any atom is -0.508 e. The van der Waals surface area contributed by atoms with E-state index in [4.69, 9.17) is 9.94 Å². The number of carbonyl (C=O) groups is 1. The highest BCUT2D eigenvalue weighted by Gasteiger charge is 2.14. The van der Waals surface area contributed by atoms with Crippen molar-refractivity contribution in [2.75, 3.05) is 6.61 Å². The number of rotatable bonds is 1. The van der Waals surface area contributed by atoms with Crippen LogP contribution in [0.3, 0.4) is 0 Å². The molecule has 4 heteroatoms. The summed E-state index contributed by atoms with van der Waals surface area (Å²) in [6.45, 7) is 0.496. The molecule has 1 heterocycles. The summed E-state index contributed by atoms with van der Waals surface area (Å²) in [5, 5.41) is 9.09. The van der Waals surface area contributed by atoms with Gasteiger partial charge in [-0.05, 0) is 23.8 Å². The SMILES string of the molecule is O=C1NOCCC1=Cc1ccc(O)cc1. The first-order valence-electron chi connectivity index (χ1n) is 4.67. The van der Waals surface area contributed by atoms with Crippen LogP contribution in [0.25, 0.3) is 6.08 Å². The topological polar surface area (TPSA) is 58.6 Å². The zero-order chi connectivity index (χ0) is 10.7. The van der Waals surface area contributed by atoms with Gasteiger partial charge in [0.25, 0.3) is 5.91 Å². The van der Waals surface area contributed by atoms with E-state index in [1.54, 1.807) is 30.3 Å². The van der Waals surface area contributed by atoms with Gasteiger partial charge in [-0.25, -0.2) is 5.48 Å². The summed E-state index contributed by atoms with van der Waals surface area (Å²) < 4.78 is 0. The van der Waals surface area contributed by atoms with Gasteiger partial charge in [0.1, 0.15) is 5.75 Å². The number of aromatic hydroxyl groups is 1. The Morgan fingerprint density at radius 2 is 2.07 bits per heavy atom. The predicted octanol–water partition coefficient (Wildman–Crippen LogP) is 1.23. The van der Waals surface area contributed by atoms with Crippen molar-refractivity contribution in [2.45, 2.75) is 6.42 Å². The number of benzene rings is 1. The Labute approximate surface area is 87.1 Å². The minimum atomic E-state index is -0.200. The van der Waals surface area contributed by atoms with Gasteiger partial charge < -0.3 is 5.11 Å². The van der Waals surface area contributed by atoms with Gasteiger partial charge in [-0.2, -0.15) is 0 Å². The quantitative estimate of drug-likeness (QED) is 0.678. The smallest absolute Gasteiger partial charge is 0.270 e. The third-order valence-electron chi connectivity index (χ3n) is 2.16. The summed E-state index contributed by atoms with van der Waals surface area (Å²) in [5.41, 5.74) is 3.88. The Morgan fingerprint density at radius 3 is 2.73 bits per heavy atom. The molecule has 2 N–H and O–H groups in total. The lowest BCUT2D eigenvalue weighted by atomic mass is 10.1. The van der Waals surface area contributed by atoms with Crippen molar-refractivity contribution in [3.63, 3.8) is 0 Å². The molecule has 0 aromatic heterocycles. The Hall–Kier alpha value is -1.81. The van der Waals surface area contributed by atoms with E-state index in [0.29, 0.717) is 18.6 Å². The van der Waals surface area contributed by atoms with Crippen molar-refractivity contribution >= 4 is 12.0 Å². The van der Waals surface area contributed by atoms with E-state index in [2.05, 4.69) is 5.48 Å². The molecule has 1 aromatic rings. The van der Waals surface area contributed by atoms with Crippen LogP contribution in [-0.2, 0) is 9.63 Å². The van der Waals surface area contributed by atoms with Gasteiger partial charge in [-0.3, -0.25) is 9.63 Å².